The Kier molecular flexibility index (Phi) is 3.93. The van der Waals surface area contributed by atoms with E-state index in [0.29, 0.717) is 6.04 Å². The minimum absolute atomic E-state index is 0.129. The first-order valence-corrected chi connectivity index (χ1v) is 5.59. The van der Waals surface area contributed by atoms with Crippen molar-refractivity contribution in [2.24, 2.45) is 5.73 Å². The monoisotopic (exact) mass is 200 g/mol. The predicted octanol–water partition coefficient (Wildman–Crippen LogP) is 1.22. The van der Waals surface area contributed by atoms with Crippen LogP contribution in [0.4, 0.5) is 0 Å². The van der Waals surface area contributed by atoms with Gasteiger partial charge < -0.3 is 10.5 Å². The summed E-state index contributed by atoms with van der Waals surface area (Å²) in [5.74, 6) is 0. The quantitative estimate of drug-likeness (QED) is 0.744. The smallest absolute Gasteiger partial charge is 0.0645 e. The van der Waals surface area contributed by atoms with Gasteiger partial charge in [-0.1, -0.05) is 6.92 Å². The molecule has 0 bridgehead atoms. The Morgan fingerprint density at radius 3 is 2.64 bits per heavy atom. The van der Waals surface area contributed by atoms with Crippen LogP contribution in [0.1, 0.15) is 34.1 Å². The summed E-state index contributed by atoms with van der Waals surface area (Å²) in [4.78, 5) is 2.48. The van der Waals surface area contributed by atoms with Crippen LogP contribution in [0.15, 0.2) is 0 Å². The first-order chi connectivity index (χ1) is 6.49. The molecule has 2 atom stereocenters. The number of hydrogen-bond acceptors (Lipinski definition) is 3. The lowest BCUT2D eigenvalue weighted by Gasteiger charge is -2.47. The molecule has 0 aromatic carbocycles. The molecule has 1 heterocycles. The van der Waals surface area contributed by atoms with Crippen molar-refractivity contribution in [3.63, 3.8) is 0 Å². The standard InChI is InChI=1S/C11H24N2O/c1-5-10(12)9(2)13-6-7-14-8-11(13,3)4/h9-10H,5-8,12H2,1-4H3. The predicted molar refractivity (Wildman–Crippen MR) is 59.3 cm³/mol. The molecule has 0 amide bonds. The Morgan fingerprint density at radius 1 is 1.50 bits per heavy atom. The van der Waals surface area contributed by atoms with E-state index >= 15 is 0 Å². The minimum atomic E-state index is 0.129. The second-order valence-electron chi connectivity index (χ2n) is 4.87. The van der Waals surface area contributed by atoms with Gasteiger partial charge in [0.1, 0.15) is 0 Å². The van der Waals surface area contributed by atoms with Crippen molar-refractivity contribution in [3.8, 4) is 0 Å². The molecule has 1 saturated heterocycles. The van der Waals surface area contributed by atoms with Crippen molar-refractivity contribution < 1.29 is 4.74 Å². The summed E-state index contributed by atoms with van der Waals surface area (Å²) < 4.78 is 5.50. The molecule has 0 saturated carbocycles. The van der Waals surface area contributed by atoms with E-state index in [2.05, 4.69) is 32.6 Å². The second kappa shape index (κ2) is 4.60. The van der Waals surface area contributed by atoms with Crippen LogP contribution in [0.5, 0.6) is 0 Å². The van der Waals surface area contributed by atoms with Crippen molar-refractivity contribution in [2.45, 2.75) is 51.7 Å². The van der Waals surface area contributed by atoms with Crippen molar-refractivity contribution >= 4 is 0 Å². The van der Waals surface area contributed by atoms with E-state index in [1.807, 2.05) is 0 Å². The highest BCUT2D eigenvalue weighted by Gasteiger charge is 2.35. The zero-order chi connectivity index (χ0) is 10.8. The number of hydrogen-bond donors (Lipinski definition) is 1. The van der Waals surface area contributed by atoms with Gasteiger partial charge in [0.2, 0.25) is 0 Å². The maximum absolute atomic E-state index is 6.09. The van der Waals surface area contributed by atoms with Gasteiger partial charge in [-0.3, -0.25) is 4.90 Å². The Balaban J connectivity index is 2.64. The van der Waals surface area contributed by atoms with Gasteiger partial charge in [0.15, 0.2) is 0 Å². The average Bonchev–Trinajstić information content (AvgIpc) is 2.15. The third-order valence-electron chi connectivity index (χ3n) is 3.29. The molecule has 0 aliphatic carbocycles. The summed E-state index contributed by atoms with van der Waals surface area (Å²) in [7, 11) is 0. The zero-order valence-electron chi connectivity index (χ0n) is 9.92. The summed E-state index contributed by atoms with van der Waals surface area (Å²) in [6, 6.07) is 0.714. The Labute approximate surface area is 87.6 Å². The summed E-state index contributed by atoms with van der Waals surface area (Å²) in [6.45, 7) is 11.5. The third-order valence-corrected chi connectivity index (χ3v) is 3.29. The van der Waals surface area contributed by atoms with Crippen molar-refractivity contribution in [1.29, 1.82) is 0 Å². The van der Waals surface area contributed by atoms with Crippen LogP contribution in [0.3, 0.4) is 0 Å². The van der Waals surface area contributed by atoms with E-state index in [-0.39, 0.29) is 11.6 Å². The van der Waals surface area contributed by atoms with Crippen LogP contribution < -0.4 is 5.73 Å². The zero-order valence-corrected chi connectivity index (χ0v) is 9.92. The fraction of sp³-hybridized carbons (Fsp3) is 1.00. The normalized spacial score (nSPS) is 27.2. The molecule has 0 aromatic heterocycles. The van der Waals surface area contributed by atoms with Crippen LogP contribution in [-0.4, -0.2) is 42.3 Å². The molecule has 1 fully saturated rings. The van der Waals surface area contributed by atoms with Crippen LogP contribution >= 0.6 is 0 Å². The lowest BCUT2D eigenvalue weighted by atomic mass is 9.96. The highest BCUT2D eigenvalue weighted by Crippen LogP contribution is 2.23. The molecule has 2 N–H and O–H groups in total. The van der Waals surface area contributed by atoms with E-state index in [4.69, 9.17) is 10.5 Å². The minimum Gasteiger partial charge on any atom is -0.378 e. The molecule has 3 heteroatoms. The number of nitrogens with two attached hydrogens (primary N) is 1. The molecule has 1 aliphatic heterocycles. The van der Waals surface area contributed by atoms with Gasteiger partial charge in [0.05, 0.1) is 13.2 Å². The van der Waals surface area contributed by atoms with Gasteiger partial charge in [-0.15, -0.1) is 0 Å². The lowest BCUT2D eigenvalue weighted by Crippen LogP contribution is -2.60. The summed E-state index contributed by atoms with van der Waals surface area (Å²) >= 11 is 0. The molecule has 3 nitrogen and oxygen atoms in total. The van der Waals surface area contributed by atoms with Crippen LogP contribution in [-0.2, 0) is 4.74 Å². The number of rotatable bonds is 3. The molecule has 1 rings (SSSR count). The fourth-order valence-electron chi connectivity index (χ4n) is 2.20. The molecular formula is C11H24N2O. The van der Waals surface area contributed by atoms with Gasteiger partial charge in [0, 0.05) is 24.2 Å². The Bertz CT molecular complexity index is 182. The van der Waals surface area contributed by atoms with Crippen LogP contribution in [0.25, 0.3) is 0 Å². The first kappa shape index (κ1) is 12.0. The molecule has 1 aliphatic rings. The molecular weight excluding hydrogens is 176 g/mol. The summed E-state index contributed by atoms with van der Waals surface area (Å²) in [5.41, 5.74) is 6.22. The van der Waals surface area contributed by atoms with Crippen molar-refractivity contribution in [3.05, 3.63) is 0 Å². The van der Waals surface area contributed by atoms with Crippen molar-refractivity contribution in [1.82, 2.24) is 4.90 Å². The highest BCUT2D eigenvalue weighted by atomic mass is 16.5. The molecule has 0 aromatic rings. The van der Waals surface area contributed by atoms with E-state index in [9.17, 15) is 0 Å². The highest BCUT2D eigenvalue weighted by molar-refractivity contribution is 4.90. The molecule has 14 heavy (non-hydrogen) atoms. The Morgan fingerprint density at radius 2 is 2.14 bits per heavy atom. The van der Waals surface area contributed by atoms with Crippen LogP contribution in [0.2, 0.25) is 0 Å². The average molecular weight is 200 g/mol. The van der Waals surface area contributed by atoms with Gasteiger partial charge in [-0.05, 0) is 27.2 Å². The molecule has 0 radical (unpaired) electrons. The fourth-order valence-corrected chi connectivity index (χ4v) is 2.20. The van der Waals surface area contributed by atoms with E-state index in [1.165, 1.54) is 0 Å². The van der Waals surface area contributed by atoms with Crippen LogP contribution in [0, 0.1) is 0 Å². The van der Waals surface area contributed by atoms with Gasteiger partial charge in [-0.2, -0.15) is 0 Å². The summed E-state index contributed by atoms with van der Waals surface area (Å²) in [6.07, 6.45) is 1.04. The topological polar surface area (TPSA) is 38.5 Å². The van der Waals surface area contributed by atoms with E-state index in [1.54, 1.807) is 0 Å². The van der Waals surface area contributed by atoms with Gasteiger partial charge in [0.25, 0.3) is 0 Å². The number of nitrogens with zero attached hydrogens (tertiary/aromatic N) is 1. The molecule has 2 unspecified atom stereocenters. The SMILES string of the molecule is CCC(N)C(C)N1CCOCC1(C)C. The lowest BCUT2D eigenvalue weighted by molar-refractivity contribution is -0.0728. The second-order valence-corrected chi connectivity index (χ2v) is 4.87. The van der Waals surface area contributed by atoms with Crippen molar-refractivity contribution in [2.75, 3.05) is 19.8 Å². The van der Waals surface area contributed by atoms with E-state index in [0.717, 1.165) is 26.2 Å². The maximum atomic E-state index is 6.09. The third kappa shape index (κ3) is 2.47. The van der Waals surface area contributed by atoms with E-state index < -0.39 is 0 Å². The van der Waals surface area contributed by atoms with Gasteiger partial charge in [-0.25, -0.2) is 0 Å². The molecule has 0 spiro atoms. The maximum Gasteiger partial charge on any atom is 0.0645 e. The largest absolute Gasteiger partial charge is 0.378 e. The van der Waals surface area contributed by atoms with Gasteiger partial charge >= 0.3 is 0 Å². The number of morpholine rings is 1. The summed E-state index contributed by atoms with van der Waals surface area (Å²) in [5, 5.41) is 0. The first-order valence-electron chi connectivity index (χ1n) is 5.59. The Hall–Kier alpha value is -0.120. The number of ether oxygens (including phenoxy) is 1. The molecule has 84 valence electrons.